The number of thioether (sulfide) groups is 1. The van der Waals surface area contributed by atoms with Crippen LogP contribution < -0.4 is 11.1 Å². The molecule has 0 aliphatic carbocycles. The van der Waals surface area contributed by atoms with E-state index < -0.39 is 0 Å². The third-order valence-electron chi connectivity index (χ3n) is 2.27. The molecule has 0 aromatic carbocycles. The fourth-order valence-electron chi connectivity index (χ4n) is 1.07. The smallest absolute Gasteiger partial charge is 0.139 e. The fourth-order valence-corrected chi connectivity index (χ4v) is 1.31. The van der Waals surface area contributed by atoms with Gasteiger partial charge in [0.1, 0.15) is 5.84 Å². The van der Waals surface area contributed by atoms with Gasteiger partial charge in [-0.3, -0.25) is 0 Å². The minimum atomic E-state index is 0.297. The molecule has 4 nitrogen and oxygen atoms in total. The standard InChI is InChI=1S/C10H23N3OS/c1-10(2,15-3)8-12-7-5-4-6-9(11)13-14/h12,14H,4-8H2,1-3H3,(H2,11,13). The van der Waals surface area contributed by atoms with Gasteiger partial charge in [0, 0.05) is 17.7 Å². The van der Waals surface area contributed by atoms with Crippen LogP contribution in [0, 0.1) is 0 Å². The summed E-state index contributed by atoms with van der Waals surface area (Å²) in [4.78, 5) is 0. The van der Waals surface area contributed by atoms with Crippen LogP contribution in [0.15, 0.2) is 5.16 Å². The molecule has 0 radical (unpaired) electrons. The summed E-state index contributed by atoms with van der Waals surface area (Å²) in [6.45, 7) is 6.45. The Bertz CT molecular complexity index is 195. The topological polar surface area (TPSA) is 70.6 Å². The average molecular weight is 233 g/mol. The van der Waals surface area contributed by atoms with Crippen molar-refractivity contribution >= 4 is 17.6 Å². The van der Waals surface area contributed by atoms with Gasteiger partial charge < -0.3 is 16.3 Å². The highest BCUT2D eigenvalue weighted by Crippen LogP contribution is 2.19. The van der Waals surface area contributed by atoms with E-state index in [2.05, 4.69) is 30.6 Å². The van der Waals surface area contributed by atoms with Crippen LogP contribution >= 0.6 is 11.8 Å². The fraction of sp³-hybridized carbons (Fsp3) is 0.900. The second-order valence-corrected chi connectivity index (χ2v) is 5.70. The van der Waals surface area contributed by atoms with Crippen molar-refractivity contribution in [2.45, 2.75) is 37.9 Å². The van der Waals surface area contributed by atoms with E-state index in [0.717, 1.165) is 25.9 Å². The van der Waals surface area contributed by atoms with Gasteiger partial charge >= 0.3 is 0 Å². The van der Waals surface area contributed by atoms with Gasteiger partial charge in [-0.2, -0.15) is 11.8 Å². The first-order valence-electron chi connectivity index (χ1n) is 5.24. The molecule has 0 aromatic rings. The summed E-state index contributed by atoms with van der Waals surface area (Å²) in [5, 5.41) is 14.7. The van der Waals surface area contributed by atoms with Gasteiger partial charge in [0.05, 0.1) is 0 Å². The molecule has 4 N–H and O–H groups in total. The third-order valence-corrected chi connectivity index (χ3v) is 3.52. The zero-order valence-corrected chi connectivity index (χ0v) is 10.7. The van der Waals surface area contributed by atoms with Crippen LogP contribution in [0.5, 0.6) is 0 Å². The number of amidine groups is 1. The van der Waals surface area contributed by atoms with Crippen LogP contribution in [-0.2, 0) is 0 Å². The maximum atomic E-state index is 8.32. The largest absolute Gasteiger partial charge is 0.409 e. The van der Waals surface area contributed by atoms with E-state index >= 15 is 0 Å². The number of hydrogen-bond donors (Lipinski definition) is 3. The lowest BCUT2D eigenvalue weighted by molar-refractivity contribution is 0.316. The van der Waals surface area contributed by atoms with Crippen LogP contribution in [0.25, 0.3) is 0 Å². The summed E-state index contributed by atoms with van der Waals surface area (Å²) in [7, 11) is 0. The summed E-state index contributed by atoms with van der Waals surface area (Å²) in [5.41, 5.74) is 5.35. The number of hydrogen-bond acceptors (Lipinski definition) is 4. The van der Waals surface area contributed by atoms with Crippen molar-refractivity contribution < 1.29 is 5.21 Å². The Morgan fingerprint density at radius 1 is 1.47 bits per heavy atom. The lowest BCUT2D eigenvalue weighted by Crippen LogP contribution is -2.32. The van der Waals surface area contributed by atoms with Crippen molar-refractivity contribution in [1.82, 2.24) is 5.32 Å². The zero-order chi connectivity index (χ0) is 11.7. The molecular formula is C10H23N3OS. The molecule has 15 heavy (non-hydrogen) atoms. The second kappa shape index (κ2) is 7.82. The molecule has 0 amide bonds. The van der Waals surface area contributed by atoms with Crippen molar-refractivity contribution in [3.63, 3.8) is 0 Å². The van der Waals surface area contributed by atoms with Gasteiger partial charge in [-0.25, -0.2) is 0 Å². The summed E-state index contributed by atoms with van der Waals surface area (Å²) in [5.74, 6) is 0.319. The van der Waals surface area contributed by atoms with Crippen LogP contribution in [0.2, 0.25) is 0 Å². The molecule has 0 spiro atoms. The number of unbranched alkanes of at least 4 members (excludes halogenated alkanes) is 1. The normalized spacial score (nSPS) is 13.1. The predicted molar refractivity (Wildman–Crippen MR) is 67.7 cm³/mol. The minimum absolute atomic E-state index is 0.297. The molecule has 0 saturated carbocycles. The van der Waals surface area contributed by atoms with Gasteiger partial charge in [0.2, 0.25) is 0 Å². The molecule has 0 saturated heterocycles. The maximum Gasteiger partial charge on any atom is 0.139 e. The van der Waals surface area contributed by atoms with Crippen molar-refractivity contribution in [3.05, 3.63) is 0 Å². The number of nitrogens with two attached hydrogens (primary N) is 1. The molecule has 0 fully saturated rings. The highest BCUT2D eigenvalue weighted by molar-refractivity contribution is 7.99. The molecule has 0 aromatic heterocycles. The predicted octanol–water partition coefficient (Wildman–Crippen LogP) is 1.63. The van der Waals surface area contributed by atoms with Crippen LogP contribution in [-0.4, -0.2) is 35.1 Å². The second-order valence-electron chi connectivity index (χ2n) is 4.19. The number of rotatable bonds is 8. The van der Waals surface area contributed by atoms with Gasteiger partial charge in [-0.15, -0.1) is 0 Å². The molecule has 0 bridgehead atoms. The highest BCUT2D eigenvalue weighted by Gasteiger charge is 2.14. The quantitative estimate of drug-likeness (QED) is 0.196. The van der Waals surface area contributed by atoms with Gasteiger partial charge in [-0.1, -0.05) is 5.16 Å². The molecule has 90 valence electrons. The molecule has 0 atom stereocenters. The van der Waals surface area contributed by atoms with E-state index in [4.69, 9.17) is 10.9 Å². The summed E-state index contributed by atoms with van der Waals surface area (Å²) in [6.07, 6.45) is 4.81. The number of nitrogens with zero attached hydrogens (tertiary/aromatic N) is 1. The Morgan fingerprint density at radius 3 is 2.67 bits per heavy atom. The van der Waals surface area contributed by atoms with Gasteiger partial charge in [0.25, 0.3) is 0 Å². The lowest BCUT2D eigenvalue weighted by Gasteiger charge is -2.22. The van der Waals surface area contributed by atoms with E-state index in [9.17, 15) is 0 Å². The Hall–Kier alpha value is -0.420. The Balaban J connectivity index is 3.33. The SMILES string of the molecule is CSC(C)(C)CNCCCCC(N)=NO. The Morgan fingerprint density at radius 2 is 2.13 bits per heavy atom. The maximum absolute atomic E-state index is 8.32. The highest BCUT2D eigenvalue weighted by atomic mass is 32.2. The molecule has 0 aliphatic rings. The molecule has 0 aliphatic heterocycles. The van der Waals surface area contributed by atoms with Crippen molar-refractivity contribution in [2.75, 3.05) is 19.3 Å². The third kappa shape index (κ3) is 8.57. The summed E-state index contributed by atoms with van der Waals surface area (Å²) in [6, 6.07) is 0. The van der Waals surface area contributed by atoms with Gasteiger partial charge in [0.15, 0.2) is 0 Å². The van der Waals surface area contributed by atoms with E-state index in [0.29, 0.717) is 17.0 Å². The number of nitrogens with one attached hydrogen (secondary N) is 1. The lowest BCUT2D eigenvalue weighted by atomic mass is 10.2. The van der Waals surface area contributed by atoms with Crippen LogP contribution in [0.3, 0.4) is 0 Å². The van der Waals surface area contributed by atoms with Crippen LogP contribution in [0.4, 0.5) is 0 Å². The van der Waals surface area contributed by atoms with Crippen LogP contribution in [0.1, 0.15) is 33.1 Å². The minimum Gasteiger partial charge on any atom is -0.409 e. The van der Waals surface area contributed by atoms with E-state index in [1.807, 2.05) is 11.8 Å². The van der Waals surface area contributed by atoms with E-state index in [-0.39, 0.29) is 0 Å². The molecular weight excluding hydrogens is 210 g/mol. The molecule has 0 unspecified atom stereocenters. The van der Waals surface area contributed by atoms with Crippen molar-refractivity contribution in [1.29, 1.82) is 0 Å². The molecule has 0 heterocycles. The van der Waals surface area contributed by atoms with E-state index in [1.54, 1.807) is 0 Å². The van der Waals surface area contributed by atoms with Gasteiger partial charge in [-0.05, 0) is 39.5 Å². The van der Waals surface area contributed by atoms with Crippen molar-refractivity contribution in [3.8, 4) is 0 Å². The van der Waals surface area contributed by atoms with E-state index in [1.165, 1.54) is 0 Å². The molecule has 5 heteroatoms. The summed E-state index contributed by atoms with van der Waals surface area (Å²) >= 11 is 1.86. The first kappa shape index (κ1) is 14.6. The first-order chi connectivity index (χ1) is 7.02. The van der Waals surface area contributed by atoms with Crippen molar-refractivity contribution in [2.24, 2.45) is 10.9 Å². The average Bonchev–Trinajstić information content (AvgIpc) is 2.22. The Labute approximate surface area is 96.7 Å². The zero-order valence-electron chi connectivity index (χ0n) is 9.92. The summed E-state index contributed by atoms with van der Waals surface area (Å²) < 4.78 is 0.297. The first-order valence-corrected chi connectivity index (χ1v) is 6.46. The molecule has 0 rings (SSSR count). The number of oxime groups is 1. The Kier molecular flexibility index (Phi) is 7.60. The monoisotopic (exact) mass is 233 g/mol.